The lowest BCUT2D eigenvalue weighted by atomic mass is 10.3. The molecular formula is C17H15F3N4O. The number of halogens is 3. The molecule has 0 bridgehead atoms. The van der Waals surface area contributed by atoms with Crippen LogP contribution in [0.15, 0.2) is 52.8 Å². The minimum Gasteiger partial charge on any atom is -0.492 e. The molecule has 0 aliphatic heterocycles. The van der Waals surface area contributed by atoms with E-state index in [2.05, 4.69) is 15.2 Å². The number of nitrogens with zero attached hydrogens (tertiary/aromatic N) is 4. The summed E-state index contributed by atoms with van der Waals surface area (Å²) in [5.74, 6) is 0.795. The molecular weight excluding hydrogens is 333 g/mol. The fourth-order valence-corrected chi connectivity index (χ4v) is 2.36. The van der Waals surface area contributed by atoms with Gasteiger partial charge in [-0.2, -0.15) is 13.2 Å². The second-order valence-corrected chi connectivity index (χ2v) is 5.27. The van der Waals surface area contributed by atoms with Crippen molar-refractivity contribution in [2.45, 2.75) is 20.0 Å². The molecule has 130 valence electrons. The third-order valence-corrected chi connectivity index (χ3v) is 3.51. The fourth-order valence-electron chi connectivity index (χ4n) is 2.36. The molecule has 1 aromatic carbocycles. The van der Waals surface area contributed by atoms with Crippen molar-refractivity contribution in [1.29, 1.82) is 0 Å². The Morgan fingerprint density at radius 3 is 2.60 bits per heavy atom. The van der Waals surface area contributed by atoms with Gasteiger partial charge in [-0.05, 0) is 38.1 Å². The van der Waals surface area contributed by atoms with Gasteiger partial charge in [-0.25, -0.2) is 4.98 Å². The SMILES string of the molecule is CCOc1ccccc1N=Nc1c(C)nc2ccc(C(F)(F)F)cn12. The summed E-state index contributed by atoms with van der Waals surface area (Å²) in [6, 6.07) is 9.35. The van der Waals surface area contributed by atoms with Gasteiger partial charge < -0.3 is 4.74 Å². The van der Waals surface area contributed by atoms with Crippen molar-refractivity contribution in [3.8, 4) is 5.75 Å². The highest BCUT2D eigenvalue weighted by Crippen LogP contribution is 2.33. The predicted molar refractivity (Wildman–Crippen MR) is 86.7 cm³/mol. The van der Waals surface area contributed by atoms with Crippen LogP contribution in [0.1, 0.15) is 18.2 Å². The van der Waals surface area contributed by atoms with Crippen molar-refractivity contribution in [3.05, 3.63) is 53.9 Å². The fraction of sp³-hybridized carbons (Fsp3) is 0.235. The smallest absolute Gasteiger partial charge is 0.417 e. The van der Waals surface area contributed by atoms with Crippen LogP contribution >= 0.6 is 0 Å². The number of alkyl halides is 3. The van der Waals surface area contributed by atoms with Crippen LogP contribution in [-0.4, -0.2) is 16.0 Å². The lowest BCUT2D eigenvalue weighted by Crippen LogP contribution is -2.06. The number of hydrogen-bond acceptors (Lipinski definition) is 4. The monoisotopic (exact) mass is 348 g/mol. The summed E-state index contributed by atoms with van der Waals surface area (Å²) in [5.41, 5.74) is 0.573. The Hall–Kier alpha value is -2.90. The minimum atomic E-state index is -4.44. The molecule has 0 N–H and O–H groups in total. The first kappa shape index (κ1) is 16.9. The molecule has 25 heavy (non-hydrogen) atoms. The van der Waals surface area contributed by atoms with E-state index in [4.69, 9.17) is 4.74 Å². The molecule has 0 saturated heterocycles. The van der Waals surface area contributed by atoms with Gasteiger partial charge in [0.2, 0.25) is 0 Å². The number of aromatic nitrogens is 2. The van der Waals surface area contributed by atoms with E-state index in [0.29, 0.717) is 29.4 Å². The minimum absolute atomic E-state index is 0.243. The van der Waals surface area contributed by atoms with Crippen LogP contribution in [0.2, 0.25) is 0 Å². The second kappa shape index (κ2) is 6.54. The van der Waals surface area contributed by atoms with Crippen LogP contribution in [0.3, 0.4) is 0 Å². The average Bonchev–Trinajstić information content (AvgIpc) is 2.88. The molecule has 8 heteroatoms. The number of imidazole rings is 1. The summed E-state index contributed by atoms with van der Waals surface area (Å²) < 4.78 is 45.6. The Balaban J connectivity index is 2.05. The van der Waals surface area contributed by atoms with E-state index in [1.54, 1.807) is 31.2 Å². The number of pyridine rings is 1. The lowest BCUT2D eigenvalue weighted by molar-refractivity contribution is -0.137. The van der Waals surface area contributed by atoms with Gasteiger partial charge in [0.1, 0.15) is 17.1 Å². The van der Waals surface area contributed by atoms with Crippen LogP contribution in [0.4, 0.5) is 24.7 Å². The summed E-state index contributed by atoms with van der Waals surface area (Å²) >= 11 is 0. The third kappa shape index (κ3) is 3.47. The van der Waals surface area contributed by atoms with E-state index < -0.39 is 11.7 Å². The molecule has 0 radical (unpaired) electrons. The Labute approximate surface area is 141 Å². The van der Waals surface area contributed by atoms with Crippen molar-refractivity contribution in [2.24, 2.45) is 10.2 Å². The Morgan fingerprint density at radius 1 is 1.12 bits per heavy atom. The number of fused-ring (bicyclic) bond motifs is 1. The predicted octanol–water partition coefficient (Wildman–Crippen LogP) is 5.48. The first-order valence-corrected chi connectivity index (χ1v) is 7.59. The molecule has 0 unspecified atom stereocenters. The lowest BCUT2D eigenvalue weighted by Gasteiger charge is -2.07. The number of azo groups is 1. The first-order valence-electron chi connectivity index (χ1n) is 7.59. The summed E-state index contributed by atoms with van der Waals surface area (Å²) in [4.78, 5) is 4.22. The van der Waals surface area contributed by atoms with Crippen LogP contribution in [0.5, 0.6) is 5.75 Å². The molecule has 3 rings (SSSR count). The van der Waals surface area contributed by atoms with Crippen molar-refractivity contribution in [2.75, 3.05) is 6.61 Å². The highest BCUT2D eigenvalue weighted by molar-refractivity contribution is 5.54. The normalized spacial score (nSPS) is 12.2. The zero-order chi connectivity index (χ0) is 18.0. The van der Waals surface area contributed by atoms with E-state index in [1.165, 1.54) is 10.5 Å². The zero-order valence-electron chi connectivity index (χ0n) is 13.6. The van der Waals surface area contributed by atoms with Crippen molar-refractivity contribution in [3.63, 3.8) is 0 Å². The summed E-state index contributed by atoms with van der Waals surface area (Å²) in [6.45, 7) is 3.99. The second-order valence-electron chi connectivity index (χ2n) is 5.27. The van der Waals surface area contributed by atoms with E-state index in [1.807, 2.05) is 6.92 Å². The number of hydrogen-bond donors (Lipinski definition) is 0. The van der Waals surface area contributed by atoms with Gasteiger partial charge in [-0.15, -0.1) is 10.2 Å². The Bertz CT molecular complexity index is 931. The van der Waals surface area contributed by atoms with E-state index in [0.717, 1.165) is 12.3 Å². The van der Waals surface area contributed by atoms with Crippen LogP contribution < -0.4 is 4.74 Å². The molecule has 3 aromatic rings. The number of ether oxygens (including phenoxy) is 1. The maximum absolute atomic E-state index is 12.9. The molecule has 0 fully saturated rings. The van der Waals surface area contributed by atoms with Gasteiger partial charge >= 0.3 is 6.18 Å². The standard InChI is InChI=1S/C17H15F3N4O/c1-3-25-14-7-5-4-6-13(14)22-23-16-11(2)21-15-9-8-12(10-24(15)16)17(18,19)20/h4-10H,3H2,1-2H3. The highest BCUT2D eigenvalue weighted by atomic mass is 19.4. The number of aryl methyl sites for hydroxylation is 1. The number of benzene rings is 1. The maximum atomic E-state index is 12.9. The van der Waals surface area contributed by atoms with E-state index in [9.17, 15) is 13.2 Å². The maximum Gasteiger partial charge on any atom is 0.417 e. The molecule has 0 aliphatic rings. The third-order valence-electron chi connectivity index (χ3n) is 3.51. The van der Waals surface area contributed by atoms with Crippen LogP contribution in [-0.2, 0) is 6.18 Å². The highest BCUT2D eigenvalue weighted by Gasteiger charge is 2.31. The largest absolute Gasteiger partial charge is 0.492 e. The number of rotatable bonds is 4. The molecule has 2 heterocycles. The van der Waals surface area contributed by atoms with Crippen LogP contribution in [0, 0.1) is 6.92 Å². The average molecular weight is 348 g/mol. The van der Waals surface area contributed by atoms with Gasteiger partial charge in [-0.1, -0.05) is 12.1 Å². The Morgan fingerprint density at radius 2 is 1.88 bits per heavy atom. The van der Waals surface area contributed by atoms with Crippen molar-refractivity contribution >= 4 is 17.2 Å². The quantitative estimate of drug-likeness (QED) is 0.587. The Kier molecular flexibility index (Phi) is 4.43. The molecule has 2 aromatic heterocycles. The van der Waals surface area contributed by atoms with Gasteiger partial charge in [0.05, 0.1) is 17.9 Å². The summed E-state index contributed by atoms with van der Waals surface area (Å²) in [7, 11) is 0. The van der Waals surface area contributed by atoms with Crippen LogP contribution in [0.25, 0.3) is 5.65 Å². The van der Waals surface area contributed by atoms with E-state index in [-0.39, 0.29) is 5.82 Å². The molecule has 5 nitrogen and oxygen atoms in total. The summed E-state index contributed by atoms with van der Waals surface area (Å²) in [6.07, 6.45) is -3.47. The van der Waals surface area contributed by atoms with Gasteiger partial charge in [0.25, 0.3) is 0 Å². The topological polar surface area (TPSA) is 51.2 Å². The van der Waals surface area contributed by atoms with Gasteiger partial charge in [0.15, 0.2) is 5.82 Å². The molecule has 0 atom stereocenters. The zero-order valence-corrected chi connectivity index (χ0v) is 13.6. The molecule has 0 saturated carbocycles. The van der Waals surface area contributed by atoms with Gasteiger partial charge in [0, 0.05) is 6.20 Å². The molecule has 0 amide bonds. The van der Waals surface area contributed by atoms with E-state index >= 15 is 0 Å². The summed E-state index contributed by atoms with van der Waals surface area (Å²) in [5, 5.41) is 8.24. The number of para-hydroxylation sites is 1. The van der Waals surface area contributed by atoms with Crippen molar-refractivity contribution < 1.29 is 17.9 Å². The first-order chi connectivity index (χ1) is 11.9. The molecule has 0 spiro atoms. The van der Waals surface area contributed by atoms with Crippen molar-refractivity contribution in [1.82, 2.24) is 9.38 Å². The molecule has 0 aliphatic carbocycles. The van der Waals surface area contributed by atoms with Gasteiger partial charge in [-0.3, -0.25) is 4.40 Å².